The Kier molecular flexibility index (Phi) is 3.93. The molecule has 0 saturated heterocycles. The second-order valence-corrected chi connectivity index (χ2v) is 5.73. The minimum atomic E-state index is 0.568. The van der Waals surface area contributed by atoms with Gasteiger partial charge in [0, 0.05) is 18.7 Å². The maximum Gasteiger partial charge on any atom is 0.163 e. The number of fused-ring (bicyclic) bond motifs is 1. The van der Waals surface area contributed by atoms with Crippen LogP contribution in [0.15, 0.2) is 30.3 Å². The summed E-state index contributed by atoms with van der Waals surface area (Å²) in [5.74, 6) is 1.46. The highest BCUT2D eigenvalue weighted by atomic mass is 35.5. The molecular weight excluding hydrogens is 286 g/mol. The van der Waals surface area contributed by atoms with Gasteiger partial charge in [0.2, 0.25) is 0 Å². The van der Waals surface area contributed by atoms with E-state index >= 15 is 0 Å². The minimum absolute atomic E-state index is 0.568. The fraction of sp³-hybridized carbons (Fsp3) is 0.294. The molecule has 0 atom stereocenters. The fourth-order valence-corrected chi connectivity index (χ4v) is 2.79. The van der Waals surface area contributed by atoms with E-state index in [4.69, 9.17) is 21.1 Å². The van der Waals surface area contributed by atoms with Gasteiger partial charge >= 0.3 is 0 Å². The first-order chi connectivity index (χ1) is 10.1. The third-order valence-electron chi connectivity index (χ3n) is 3.40. The van der Waals surface area contributed by atoms with Gasteiger partial charge in [-0.3, -0.25) is 0 Å². The van der Waals surface area contributed by atoms with Crippen molar-refractivity contribution < 1.29 is 9.47 Å². The predicted molar refractivity (Wildman–Crippen MR) is 85.7 cm³/mol. The highest BCUT2D eigenvalue weighted by molar-refractivity contribution is 6.33. The Hall–Kier alpha value is -1.87. The molecule has 3 rings (SSSR count). The van der Waals surface area contributed by atoms with Gasteiger partial charge in [-0.2, -0.15) is 0 Å². The van der Waals surface area contributed by atoms with Gasteiger partial charge in [0.1, 0.15) is 13.2 Å². The first kappa shape index (κ1) is 14.1. The summed E-state index contributed by atoms with van der Waals surface area (Å²) in [6.45, 7) is 6.08. The Morgan fingerprint density at radius 2 is 1.57 bits per heavy atom. The van der Waals surface area contributed by atoms with Crippen LogP contribution in [0.2, 0.25) is 5.02 Å². The molecule has 0 spiro atoms. The fourth-order valence-electron chi connectivity index (χ4n) is 2.57. The predicted octanol–water partition coefficient (Wildman–Crippen LogP) is 4.34. The lowest BCUT2D eigenvalue weighted by molar-refractivity contribution is 0.171. The van der Waals surface area contributed by atoms with Crippen LogP contribution in [-0.2, 0) is 6.54 Å². The van der Waals surface area contributed by atoms with E-state index in [1.54, 1.807) is 6.07 Å². The van der Waals surface area contributed by atoms with Crippen molar-refractivity contribution in [1.82, 2.24) is 0 Å². The molecule has 1 aliphatic rings. The zero-order chi connectivity index (χ0) is 14.8. The molecule has 3 nitrogen and oxygen atoms in total. The summed E-state index contributed by atoms with van der Waals surface area (Å²) in [6.07, 6.45) is 0. The molecule has 0 saturated carbocycles. The topological polar surface area (TPSA) is 30.5 Å². The van der Waals surface area contributed by atoms with E-state index in [1.807, 2.05) is 6.07 Å². The molecule has 0 fully saturated rings. The first-order valence-electron chi connectivity index (χ1n) is 7.02. The lowest BCUT2D eigenvalue weighted by Gasteiger charge is -2.20. The van der Waals surface area contributed by atoms with Gasteiger partial charge in [0.05, 0.1) is 10.7 Å². The molecule has 0 radical (unpaired) electrons. The van der Waals surface area contributed by atoms with Crippen LogP contribution in [0.5, 0.6) is 11.5 Å². The summed E-state index contributed by atoms with van der Waals surface area (Å²) < 4.78 is 11.1. The van der Waals surface area contributed by atoms with E-state index in [1.165, 1.54) is 16.7 Å². The summed E-state index contributed by atoms with van der Waals surface area (Å²) in [7, 11) is 0. The minimum Gasteiger partial charge on any atom is -0.486 e. The Balaban J connectivity index is 1.78. The highest BCUT2D eigenvalue weighted by Crippen LogP contribution is 2.38. The normalized spacial score (nSPS) is 13.1. The molecule has 1 heterocycles. The van der Waals surface area contributed by atoms with E-state index in [0.717, 1.165) is 18.0 Å². The molecule has 4 heteroatoms. The van der Waals surface area contributed by atoms with Crippen LogP contribution in [0.1, 0.15) is 16.7 Å². The monoisotopic (exact) mass is 303 g/mol. The highest BCUT2D eigenvalue weighted by Gasteiger charge is 2.14. The summed E-state index contributed by atoms with van der Waals surface area (Å²) in [4.78, 5) is 0. The van der Waals surface area contributed by atoms with Crippen molar-refractivity contribution in [2.24, 2.45) is 0 Å². The summed E-state index contributed by atoms with van der Waals surface area (Å²) in [5.41, 5.74) is 4.62. The molecule has 110 valence electrons. The zero-order valence-electron chi connectivity index (χ0n) is 12.2. The van der Waals surface area contributed by atoms with Crippen molar-refractivity contribution in [3.63, 3.8) is 0 Å². The number of nitrogens with one attached hydrogen (secondary N) is 1. The Labute approximate surface area is 129 Å². The summed E-state index contributed by atoms with van der Waals surface area (Å²) in [5, 5.41) is 4.01. The molecule has 2 aromatic carbocycles. The van der Waals surface area contributed by atoms with Crippen LogP contribution in [0, 0.1) is 13.8 Å². The van der Waals surface area contributed by atoms with Crippen molar-refractivity contribution in [1.29, 1.82) is 0 Å². The molecular formula is C17H18ClNO2. The van der Waals surface area contributed by atoms with Gasteiger partial charge < -0.3 is 14.8 Å². The quantitative estimate of drug-likeness (QED) is 0.915. The number of hydrogen-bond acceptors (Lipinski definition) is 3. The van der Waals surface area contributed by atoms with E-state index in [0.29, 0.717) is 24.0 Å². The SMILES string of the molecule is Cc1cc(C)cc(CNc2cc3c(cc2Cl)OCCO3)c1. The Bertz CT molecular complexity index is 650. The van der Waals surface area contributed by atoms with Crippen LogP contribution < -0.4 is 14.8 Å². The summed E-state index contributed by atoms with van der Waals surface area (Å²) in [6, 6.07) is 10.2. The van der Waals surface area contributed by atoms with Crippen LogP contribution in [0.25, 0.3) is 0 Å². The number of halogens is 1. The lowest BCUT2D eigenvalue weighted by atomic mass is 10.1. The van der Waals surface area contributed by atoms with Crippen molar-refractivity contribution in [3.8, 4) is 11.5 Å². The van der Waals surface area contributed by atoms with Crippen LogP contribution in [0.4, 0.5) is 5.69 Å². The van der Waals surface area contributed by atoms with Crippen LogP contribution in [-0.4, -0.2) is 13.2 Å². The lowest BCUT2D eigenvalue weighted by Crippen LogP contribution is -2.15. The number of aryl methyl sites for hydroxylation is 2. The third-order valence-corrected chi connectivity index (χ3v) is 3.71. The second kappa shape index (κ2) is 5.86. The van der Waals surface area contributed by atoms with Crippen molar-refractivity contribution in [2.75, 3.05) is 18.5 Å². The maximum atomic E-state index is 6.29. The number of rotatable bonds is 3. The standard InChI is InChI=1S/C17H18ClNO2/c1-11-5-12(2)7-13(6-11)10-19-15-9-17-16(8-14(15)18)20-3-4-21-17/h5-9,19H,3-4,10H2,1-2H3. The van der Waals surface area contributed by atoms with Gasteiger partial charge in [-0.05, 0) is 19.4 Å². The maximum absolute atomic E-state index is 6.29. The largest absolute Gasteiger partial charge is 0.486 e. The molecule has 21 heavy (non-hydrogen) atoms. The number of benzene rings is 2. The van der Waals surface area contributed by atoms with E-state index in [9.17, 15) is 0 Å². The van der Waals surface area contributed by atoms with E-state index in [2.05, 4.69) is 37.4 Å². The van der Waals surface area contributed by atoms with Crippen molar-refractivity contribution in [3.05, 3.63) is 52.0 Å². The number of anilines is 1. The van der Waals surface area contributed by atoms with Gasteiger partial charge in [0.15, 0.2) is 11.5 Å². The molecule has 1 N–H and O–H groups in total. The average Bonchev–Trinajstić information content (AvgIpc) is 2.44. The average molecular weight is 304 g/mol. The first-order valence-corrected chi connectivity index (χ1v) is 7.40. The summed E-state index contributed by atoms with van der Waals surface area (Å²) >= 11 is 6.29. The van der Waals surface area contributed by atoms with Crippen LogP contribution in [0.3, 0.4) is 0 Å². The molecule has 0 aliphatic carbocycles. The molecule has 0 unspecified atom stereocenters. The zero-order valence-corrected chi connectivity index (χ0v) is 13.0. The molecule has 0 bridgehead atoms. The van der Waals surface area contributed by atoms with Gasteiger partial charge in [-0.15, -0.1) is 0 Å². The molecule has 2 aromatic rings. The Morgan fingerprint density at radius 1 is 0.952 bits per heavy atom. The number of hydrogen-bond donors (Lipinski definition) is 1. The third kappa shape index (κ3) is 3.24. The van der Waals surface area contributed by atoms with E-state index < -0.39 is 0 Å². The molecule has 0 amide bonds. The van der Waals surface area contributed by atoms with Gasteiger partial charge in [-0.25, -0.2) is 0 Å². The molecule has 1 aliphatic heterocycles. The Morgan fingerprint density at radius 3 is 2.24 bits per heavy atom. The molecule has 0 aromatic heterocycles. The van der Waals surface area contributed by atoms with Crippen molar-refractivity contribution >= 4 is 17.3 Å². The van der Waals surface area contributed by atoms with E-state index in [-0.39, 0.29) is 0 Å². The van der Waals surface area contributed by atoms with Gasteiger partial charge in [0.25, 0.3) is 0 Å². The number of ether oxygens (including phenoxy) is 2. The second-order valence-electron chi connectivity index (χ2n) is 5.33. The van der Waals surface area contributed by atoms with Crippen LogP contribution >= 0.6 is 11.6 Å². The van der Waals surface area contributed by atoms with Crippen molar-refractivity contribution in [2.45, 2.75) is 20.4 Å². The van der Waals surface area contributed by atoms with Gasteiger partial charge in [-0.1, -0.05) is 40.9 Å². The smallest absolute Gasteiger partial charge is 0.163 e.